The van der Waals surface area contributed by atoms with Gasteiger partial charge in [-0.25, -0.2) is 9.78 Å². The van der Waals surface area contributed by atoms with Crippen LogP contribution in [0, 0.1) is 11.8 Å². The van der Waals surface area contributed by atoms with Crippen molar-refractivity contribution < 1.29 is 14.7 Å². The highest BCUT2D eigenvalue weighted by atomic mass is 32.1. The Morgan fingerprint density at radius 2 is 2.32 bits per heavy atom. The van der Waals surface area contributed by atoms with Gasteiger partial charge in [-0.3, -0.25) is 4.79 Å². The summed E-state index contributed by atoms with van der Waals surface area (Å²) in [4.78, 5) is 30.6. The van der Waals surface area contributed by atoms with E-state index in [4.69, 9.17) is 5.11 Å². The molecular formula is C12H17N3O3S. The highest BCUT2D eigenvalue weighted by Gasteiger charge is 2.37. The predicted octanol–water partition coefficient (Wildman–Crippen LogP) is 1.35. The van der Waals surface area contributed by atoms with Crippen LogP contribution in [0.4, 0.5) is 4.79 Å². The summed E-state index contributed by atoms with van der Waals surface area (Å²) in [7, 11) is 1.71. The van der Waals surface area contributed by atoms with Gasteiger partial charge in [0.05, 0.1) is 23.7 Å². The van der Waals surface area contributed by atoms with Gasteiger partial charge in [0.15, 0.2) is 0 Å². The standard InChI is InChI=1S/C12H17N3O3S/c1-8-3-15(5-10(8)11(16)17)12(18)14(2)4-9-6-19-7-13-9/h6-8,10H,3-5H2,1-2H3,(H,16,17). The third-order valence-corrected chi connectivity index (χ3v) is 4.04. The van der Waals surface area contributed by atoms with Gasteiger partial charge in [-0.05, 0) is 5.92 Å². The van der Waals surface area contributed by atoms with Gasteiger partial charge in [0.1, 0.15) is 0 Å². The first-order valence-electron chi connectivity index (χ1n) is 6.09. The summed E-state index contributed by atoms with van der Waals surface area (Å²) in [6.07, 6.45) is 0. The Bertz CT molecular complexity index is 463. The highest BCUT2D eigenvalue weighted by molar-refractivity contribution is 7.07. The van der Waals surface area contributed by atoms with Gasteiger partial charge in [-0.1, -0.05) is 6.92 Å². The molecule has 0 aromatic carbocycles. The first-order valence-corrected chi connectivity index (χ1v) is 7.03. The van der Waals surface area contributed by atoms with Crippen molar-refractivity contribution in [3.63, 3.8) is 0 Å². The zero-order chi connectivity index (χ0) is 14.0. The Labute approximate surface area is 115 Å². The Kier molecular flexibility index (Phi) is 4.04. The molecule has 0 bridgehead atoms. The molecular weight excluding hydrogens is 266 g/mol. The highest BCUT2D eigenvalue weighted by Crippen LogP contribution is 2.24. The summed E-state index contributed by atoms with van der Waals surface area (Å²) in [6.45, 7) is 3.10. The van der Waals surface area contributed by atoms with E-state index in [1.807, 2.05) is 12.3 Å². The van der Waals surface area contributed by atoms with Crippen LogP contribution in [0.1, 0.15) is 12.6 Å². The van der Waals surface area contributed by atoms with Crippen molar-refractivity contribution in [3.05, 3.63) is 16.6 Å². The number of rotatable bonds is 3. The molecule has 0 aliphatic carbocycles. The van der Waals surface area contributed by atoms with Gasteiger partial charge < -0.3 is 14.9 Å². The number of thiazole rings is 1. The predicted molar refractivity (Wildman–Crippen MR) is 70.8 cm³/mol. The molecule has 1 aliphatic rings. The number of hydrogen-bond donors (Lipinski definition) is 1. The molecule has 0 radical (unpaired) electrons. The SMILES string of the molecule is CC1CN(C(=O)N(C)Cc2cscn2)CC1C(=O)O. The minimum absolute atomic E-state index is 0.00544. The Hall–Kier alpha value is -1.63. The maximum Gasteiger partial charge on any atom is 0.320 e. The number of carboxylic acids is 1. The van der Waals surface area contributed by atoms with Crippen molar-refractivity contribution >= 4 is 23.3 Å². The average Bonchev–Trinajstić information content (AvgIpc) is 2.97. The lowest BCUT2D eigenvalue weighted by atomic mass is 9.99. The van der Waals surface area contributed by atoms with Crippen molar-refractivity contribution in [1.29, 1.82) is 0 Å². The number of hydrogen-bond acceptors (Lipinski definition) is 4. The molecule has 2 unspecified atom stereocenters. The number of carboxylic acid groups (broad SMARTS) is 1. The monoisotopic (exact) mass is 283 g/mol. The zero-order valence-corrected chi connectivity index (χ0v) is 11.8. The zero-order valence-electron chi connectivity index (χ0n) is 10.9. The van der Waals surface area contributed by atoms with Crippen molar-refractivity contribution in [2.45, 2.75) is 13.5 Å². The van der Waals surface area contributed by atoms with E-state index < -0.39 is 11.9 Å². The molecule has 104 valence electrons. The van der Waals surface area contributed by atoms with Gasteiger partial charge in [0.2, 0.25) is 0 Å². The minimum atomic E-state index is -0.829. The number of amides is 2. The van der Waals surface area contributed by atoms with Crippen LogP contribution in [0.2, 0.25) is 0 Å². The fraction of sp³-hybridized carbons (Fsp3) is 0.583. The van der Waals surface area contributed by atoms with E-state index in [0.717, 1.165) is 5.69 Å². The quantitative estimate of drug-likeness (QED) is 0.908. The summed E-state index contributed by atoms with van der Waals surface area (Å²) < 4.78 is 0. The molecule has 0 spiro atoms. The molecule has 0 saturated carbocycles. The molecule has 1 aliphatic heterocycles. The number of likely N-dealkylation sites (tertiary alicyclic amines) is 1. The number of carbonyl (C=O) groups excluding carboxylic acids is 1. The molecule has 2 amide bonds. The van der Waals surface area contributed by atoms with Crippen LogP contribution in [-0.4, -0.2) is 52.0 Å². The number of carbonyl (C=O) groups is 2. The summed E-state index contributed by atoms with van der Waals surface area (Å²) in [6, 6.07) is -0.136. The molecule has 1 fully saturated rings. The Morgan fingerprint density at radius 3 is 2.84 bits per heavy atom. The van der Waals surface area contributed by atoms with Gasteiger partial charge in [0, 0.05) is 25.5 Å². The van der Waals surface area contributed by atoms with E-state index in [9.17, 15) is 9.59 Å². The minimum Gasteiger partial charge on any atom is -0.481 e. The maximum atomic E-state index is 12.2. The van der Waals surface area contributed by atoms with Crippen LogP contribution in [0.25, 0.3) is 0 Å². The van der Waals surface area contributed by atoms with E-state index in [1.54, 1.807) is 22.4 Å². The maximum absolute atomic E-state index is 12.2. The normalized spacial score (nSPS) is 22.5. The van der Waals surface area contributed by atoms with E-state index in [-0.39, 0.29) is 18.5 Å². The largest absolute Gasteiger partial charge is 0.481 e. The van der Waals surface area contributed by atoms with Gasteiger partial charge in [-0.2, -0.15) is 0 Å². The van der Waals surface area contributed by atoms with E-state index >= 15 is 0 Å². The lowest BCUT2D eigenvalue weighted by Crippen LogP contribution is -2.40. The van der Waals surface area contributed by atoms with Crippen molar-refractivity contribution in [1.82, 2.24) is 14.8 Å². The first-order chi connectivity index (χ1) is 8.99. The van der Waals surface area contributed by atoms with E-state index in [2.05, 4.69) is 4.98 Å². The van der Waals surface area contributed by atoms with Crippen LogP contribution < -0.4 is 0 Å². The molecule has 6 nitrogen and oxygen atoms in total. The Balaban J connectivity index is 1.95. The molecule has 1 aromatic rings. The second-order valence-electron chi connectivity index (χ2n) is 4.95. The smallest absolute Gasteiger partial charge is 0.320 e. The van der Waals surface area contributed by atoms with Crippen LogP contribution >= 0.6 is 11.3 Å². The molecule has 2 rings (SSSR count). The topological polar surface area (TPSA) is 73.7 Å². The molecule has 2 atom stereocenters. The third kappa shape index (κ3) is 3.04. The van der Waals surface area contributed by atoms with Crippen LogP contribution in [0.15, 0.2) is 10.9 Å². The second-order valence-corrected chi connectivity index (χ2v) is 5.66. The van der Waals surface area contributed by atoms with E-state index in [0.29, 0.717) is 13.1 Å². The second kappa shape index (κ2) is 5.56. The molecule has 7 heteroatoms. The number of aliphatic carboxylic acids is 1. The van der Waals surface area contributed by atoms with Gasteiger partial charge in [0.25, 0.3) is 0 Å². The summed E-state index contributed by atoms with van der Waals surface area (Å²) in [5.74, 6) is -1.30. The first kappa shape index (κ1) is 13.8. The molecule has 1 aromatic heterocycles. The summed E-state index contributed by atoms with van der Waals surface area (Å²) in [5.41, 5.74) is 2.58. The molecule has 2 heterocycles. The van der Waals surface area contributed by atoms with Crippen LogP contribution in [-0.2, 0) is 11.3 Å². The average molecular weight is 283 g/mol. The van der Waals surface area contributed by atoms with Crippen LogP contribution in [0.3, 0.4) is 0 Å². The van der Waals surface area contributed by atoms with Crippen molar-refractivity contribution in [2.24, 2.45) is 11.8 Å². The fourth-order valence-electron chi connectivity index (χ4n) is 2.31. The van der Waals surface area contributed by atoms with Crippen LogP contribution in [0.5, 0.6) is 0 Å². The number of urea groups is 1. The fourth-order valence-corrected chi connectivity index (χ4v) is 2.86. The lowest BCUT2D eigenvalue weighted by molar-refractivity contribution is -0.142. The molecule has 19 heavy (non-hydrogen) atoms. The van der Waals surface area contributed by atoms with Gasteiger partial charge in [-0.15, -0.1) is 11.3 Å². The molecule has 1 saturated heterocycles. The summed E-state index contributed by atoms with van der Waals surface area (Å²) >= 11 is 1.49. The van der Waals surface area contributed by atoms with E-state index in [1.165, 1.54) is 11.3 Å². The number of nitrogens with zero attached hydrogens (tertiary/aromatic N) is 3. The summed E-state index contributed by atoms with van der Waals surface area (Å²) in [5, 5.41) is 11.0. The Morgan fingerprint density at radius 1 is 1.58 bits per heavy atom. The third-order valence-electron chi connectivity index (χ3n) is 3.41. The van der Waals surface area contributed by atoms with Crippen molar-refractivity contribution in [2.75, 3.05) is 20.1 Å². The van der Waals surface area contributed by atoms with Gasteiger partial charge >= 0.3 is 12.0 Å². The number of aromatic nitrogens is 1. The molecule has 1 N–H and O–H groups in total. The van der Waals surface area contributed by atoms with Crippen molar-refractivity contribution in [3.8, 4) is 0 Å². The lowest BCUT2D eigenvalue weighted by Gasteiger charge is -2.24.